The summed E-state index contributed by atoms with van der Waals surface area (Å²) in [5.74, 6) is -0.889. The largest absolute Gasteiger partial charge is 0.462 e. The Labute approximate surface area is 502 Å². The van der Waals surface area contributed by atoms with Crippen molar-refractivity contribution in [1.82, 2.24) is 0 Å². The SMILES string of the molecule is CC/C=C\C/C=C\C/C=C\C/C=C\C/C=C\C/C=C\C/C=C\CCCCCCCC(=O)OCC(COC(=O)CCCCCCCCC/C=C\CCCCCCCC)OC(=O)CCCCCCCCCCCCCCCCCCCCC. The summed E-state index contributed by atoms with van der Waals surface area (Å²) in [6.07, 6.45) is 92.7. The molecule has 0 aliphatic carbocycles. The van der Waals surface area contributed by atoms with E-state index >= 15 is 0 Å². The Morgan fingerprint density at radius 3 is 0.765 bits per heavy atom. The molecule has 466 valence electrons. The van der Waals surface area contributed by atoms with E-state index in [1.807, 2.05) is 0 Å². The Balaban J connectivity index is 4.39. The van der Waals surface area contributed by atoms with E-state index < -0.39 is 6.10 Å². The third-order valence-corrected chi connectivity index (χ3v) is 15.1. The standard InChI is InChI=1S/C75H130O6/c1-4-7-10-13-16-19-22-25-28-31-33-34-35-36-37-38-39-40-42-44-47-50-53-56-59-62-65-68-74(77)80-71-72(70-79-73(76)67-64-61-58-55-52-49-46-43-30-27-24-21-18-15-12-9-6-3)81-75(78)69-66-63-60-57-54-51-48-45-41-32-29-26-23-20-17-14-11-8-5-2/h7,10,16,19,25,27-28,30,33-34,36-37,39-40,44,47,72H,4-6,8-9,11-15,17-18,20-24,26,29,31-32,35,38,41-43,45-46,48-71H2,1-3H3/b10-7-,19-16-,28-25-,30-27-,34-33-,37-36-,40-39-,47-44-. The quantitative estimate of drug-likeness (QED) is 0.0261. The molecule has 0 aromatic carbocycles. The van der Waals surface area contributed by atoms with Gasteiger partial charge in [-0.15, -0.1) is 0 Å². The van der Waals surface area contributed by atoms with E-state index in [0.717, 1.165) is 122 Å². The number of carbonyl (C=O) groups is 3. The van der Waals surface area contributed by atoms with Gasteiger partial charge in [0.15, 0.2) is 6.10 Å². The van der Waals surface area contributed by atoms with Crippen molar-refractivity contribution < 1.29 is 28.6 Å². The van der Waals surface area contributed by atoms with Gasteiger partial charge >= 0.3 is 17.9 Å². The smallest absolute Gasteiger partial charge is 0.306 e. The minimum atomic E-state index is -0.788. The van der Waals surface area contributed by atoms with Crippen LogP contribution in [-0.4, -0.2) is 37.2 Å². The fourth-order valence-electron chi connectivity index (χ4n) is 9.89. The summed E-state index contributed by atoms with van der Waals surface area (Å²) in [4.78, 5) is 38.5. The molecule has 0 radical (unpaired) electrons. The van der Waals surface area contributed by atoms with E-state index in [0.29, 0.717) is 19.3 Å². The van der Waals surface area contributed by atoms with E-state index in [4.69, 9.17) is 14.2 Å². The Hall–Kier alpha value is -3.67. The first-order valence-corrected chi connectivity index (χ1v) is 34.7. The molecule has 0 N–H and O–H groups in total. The van der Waals surface area contributed by atoms with Gasteiger partial charge in [0.2, 0.25) is 0 Å². The van der Waals surface area contributed by atoms with E-state index in [1.54, 1.807) is 0 Å². The molecule has 0 aromatic rings. The number of ether oxygens (including phenoxy) is 3. The Morgan fingerprint density at radius 2 is 0.481 bits per heavy atom. The zero-order valence-corrected chi connectivity index (χ0v) is 53.5. The van der Waals surface area contributed by atoms with E-state index in [-0.39, 0.29) is 31.1 Å². The van der Waals surface area contributed by atoms with Crippen LogP contribution in [0.2, 0.25) is 0 Å². The van der Waals surface area contributed by atoms with Crippen LogP contribution in [-0.2, 0) is 28.6 Å². The molecule has 6 heteroatoms. The van der Waals surface area contributed by atoms with Crippen LogP contribution in [0.15, 0.2) is 97.2 Å². The lowest BCUT2D eigenvalue weighted by molar-refractivity contribution is -0.167. The van der Waals surface area contributed by atoms with Gasteiger partial charge in [-0.2, -0.15) is 0 Å². The molecular formula is C75H130O6. The highest BCUT2D eigenvalue weighted by Crippen LogP contribution is 2.17. The van der Waals surface area contributed by atoms with Crippen molar-refractivity contribution in [2.75, 3.05) is 13.2 Å². The van der Waals surface area contributed by atoms with Gasteiger partial charge < -0.3 is 14.2 Å². The average molecular weight is 1130 g/mol. The summed E-state index contributed by atoms with van der Waals surface area (Å²) in [6, 6.07) is 0. The van der Waals surface area contributed by atoms with Crippen LogP contribution < -0.4 is 0 Å². The van der Waals surface area contributed by atoms with Gasteiger partial charge in [0.1, 0.15) is 13.2 Å². The summed E-state index contributed by atoms with van der Waals surface area (Å²) in [5, 5.41) is 0. The normalized spacial score (nSPS) is 12.7. The average Bonchev–Trinajstić information content (AvgIpc) is 3.47. The minimum absolute atomic E-state index is 0.0830. The molecular weight excluding hydrogens is 997 g/mol. The molecule has 0 saturated carbocycles. The minimum Gasteiger partial charge on any atom is -0.462 e. The molecule has 0 saturated heterocycles. The van der Waals surface area contributed by atoms with Crippen molar-refractivity contribution in [2.24, 2.45) is 0 Å². The summed E-state index contributed by atoms with van der Waals surface area (Å²) in [5.41, 5.74) is 0. The molecule has 0 fully saturated rings. The van der Waals surface area contributed by atoms with Gasteiger partial charge in [-0.05, 0) is 103 Å². The highest BCUT2D eigenvalue weighted by atomic mass is 16.6. The highest BCUT2D eigenvalue weighted by Gasteiger charge is 2.19. The van der Waals surface area contributed by atoms with Crippen molar-refractivity contribution in [3.63, 3.8) is 0 Å². The third-order valence-electron chi connectivity index (χ3n) is 15.1. The van der Waals surface area contributed by atoms with Crippen LogP contribution in [0.4, 0.5) is 0 Å². The molecule has 0 bridgehead atoms. The van der Waals surface area contributed by atoms with E-state index in [1.165, 1.54) is 180 Å². The number of rotatable bonds is 63. The van der Waals surface area contributed by atoms with Crippen molar-refractivity contribution in [1.29, 1.82) is 0 Å². The van der Waals surface area contributed by atoms with Crippen LogP contribution >= 0.6 is 0 Å². The van der Waals surface area contributed by atoms with Gasteiger partial charge in [-0.25, -0.2) is 0 Å². The lowest BCUT2D eigenvalue weighted by atomic mass is 10.0. The van der Waals surface area contributed by atoms with Crippen molar-refractivity contribution in [3.8, 4) is 0 Å². The zero-order chi connectivity index (χ0) is 58.5. The van der Waals surface area contributed by atoms with Crippen LogP contribution in [0.1, 0.15) is 342 Å². The number of esters is 3. The maximum Gasteiger partial charge on any atom is 0.306 e. The Morgan fingerprint density at radius 1 is 0.259 bits per heavy atom. The molecule has 6 nitrogen and oxygen atoms in total. The molecule has 0 spiro atoms. The summed E-state index contributed by atoms with van der Waals surface area (Å²) < 4.78 is 17.0. The van der Waals surface area contributed by atoms with E-state index in [2.05, 4.69) is 118 Å². The molecule has 0 rings (SSSR count). The van der Waals surface area contributed by atoms with Crippen molar-refractivity contribution in [2.45, 2.75) is 348 Å². The predicted octanol–water partition coefficient (Wildman–Crippen LogP) is 24.0. The van der Waals surface area contributed by atoms with Gasteiger partial charge in [-0.1, -0.05) is 317 Å². The third kappa shape index (κ3) is 67.0. The number of unbranched alkanes of at least 4 members (excludes halogenated alkanes) is 36. The summed E-state index contributed by atoms with van der Waals surface area (Å²) >= 11 is 0. The second kappa shape index (κ2) is 68.8. The van der Waals surface area contributed by atoms with Crippen molar-refractivity contribution in [3.05, 3.63) is 97.2 Å². The molecule has 0 aliphatic rings. The number of hydrogen-bond donors (Lipinski definition) is 0. The first-order valence-electron chi connectivity index (χ1n) is 34.7. The first kappa shape index (κ1) is 77.3. The number of hydrogen-bond acceptors (Lipinski definition) is 6. The number of carbonyl (C=O) groups excluding carboxylic acids is 3. The lowest BCUT2D eigenvalue weighted by Gasteiger charge is -2.18. The van der Waals surface area contributed by atoms with Crippen molar-refractivity contribution >= 4 is 17.9 Å². The van der Waals surface area contributed by atoms with Crippen LogP contribution in [0.5, 0.6) is 0 Å². The molecule has 0 amide bonds. The Kier molecular flexibility index (Phi) is 65.7. The van der Waals surface area contributed by atoms with Gasteiger partial charge in [0, 0.05) is 19.3 Å². The van der Waals surface area contributed by atoms with Crippen LogP contribution in [0, 0.1) is 0 Å². The monoisotopic (exact) mass is 1130 g/mol. The molecule has 0 aliphatic heterocycles. The van der Waals surface area contributed by atoms with Gasteiger partial charge in [0.05, 0.1) is 0 Å². The molecule has 81 heavy (non-hydrogen) atoms. The second-order valence-corrected chi connectivity index (χ2v) is 23.1. The fourth-order valence-corrected chi connectivity index (χ4v) is 9.89. The maximum absolute atomic E-state index is 13.0. The maximum atomic E-state index is 13.0. The van der Waals surface area contributed by atoms with E-state index in [9.17, 15) is 14.4 Å². The molecule has 0 heterocycles. The van der Waals surface area contributed by atoms with Gasteiger partial charge in [0.25, 0.3) is 0 Å². The number of allylic oxidation sites excluding steroid dienone is 16. The lowest BCUT2D eigenvalue weighted by Crippen LogP contribution is -2.30. The molecule has 0 aromatic heterocycles. The summed E-state index contributed by atoms with van der Waals surface area (Å²) in [6.45, 7) is 6.55. The predicted molar refractivity (Wildman–Crippen MR) is 353 cm³/mol. The first-order chi connectivity index (χ1) is 40.0. The zero-order valence-electron chi connectivity index (χ0n) is 53.5. The molecule has 1 unspecified atom stereocenters. The van der Waals surface area contributed by atoms with Crippen LogP contribution in [0.25, 0.3) is 0 Å². The second-order valence-electron chi connectivity index (χ2n) is 23.1. The Bertz CT molecular complexity index is 1580. The summed E-state index contributed by atoms with van der Waals surface area (Å²) in [7, 11) is 0. The fraction of sp³-hybridized carbons (Fsp3) is 0.747. The van der Waals surface area contributed by atoms with Crippen LogP contribution in [0.3, 0.4) is 0 Å². The highest BCUT2D eigenvalue weighted by molar-refractivity contribution is 5.71. The topological polar surface area (TPSA) is 78.9 Å². The van der Waals surface area contributed by atoms with Gasteiger partial charge in [-0.3, -0.25) is 14.4 Å². The molecule has 1 atom stereocenters.